The van der Waals surface area contributed by atoms with E-state index >= 15 is 0 Å². The Balaban J connectivity index is 1.88. The number of anilines is 1. The van der Waals surface area contributed by atoms with Gasteiger partial charge in [-0.1, -0.05) is 25.7 Å². The standard InChI is InChI=1S/C15H23NO2/c1-18-14-8-6-13(7-9-14)16-12-15(17)10-4-2-3-5-11-15/h6-9,16-17H,2-5,10-12H2,1H3. The predicted molar refractivity (Wildman–Crippen MR) is 74.1 cm³/mol. The Morgan fingerprint density at radius 2 is 1.72 bits per heavy atom. The maximum absolute atomic E-state index is 10.5. The number of ether oxygens (including phenoxy) is 1. The molecule has 0 saturated heterocycles. The van der Waals surface area contributed by atoms with Gasteiger partial charge < -0.3 is 15.2 Å². The van der Waals surface area contributed by atoms with E-state index in [0.29, 0.717) is 6.54 Å². The fourth-order valence-corrected chi connectivity index (χ4v) is 2.54. The van der Waals surface area contributed by atoms with Gasteiger partial charge in [-0.05, 0) is 37.1 Å². The molecular weight excluding hydrogens is 226 g/mol. The van der Waals surface area contributed by atoms with Gasteiger partial charge in [-0.25, -0.2) is 0 Å². The SMILES string of the molecule is COc1ccc(NCC2(O)CCCCCC2)cc1. The zero-order valence-electron chi connectivity index (χ0n) is 11.1. The van der Waals surface area contributed by atoms with Crippen LogP contribution in [0.4, 0.5) is 5.69 Å². The smallest absolute Gasteiger partial charge is 0.119 e. The molecule has 0 bridgehead atoms. The summed E-state index contributed by atoms with van der Waals surface area (Å²) < 4.78 is 5.12. The van der Waals surface area contributed by atoms with E-state index in [4.69, 9.17) is 4.74 Å². The Labute approximate surface area is 109 Å². The molecule has 1 aliphatic rings. The first-order chi connectivity index (χ1) is 8.72. The second kappa shape index (κ2) is 6.10. The van der Waals surface area contributed by atoms with Crippen LogP contribution in [0.15, 0.2) is 24.3 Å². The second-order valence-electron chi connectivity index (χ2n) is 5.22. The number of benzene rings is 1. The summed E-state index contributed by atoms with van der Waals surface area (Å²) >= 11 is 0. The van der Waals surface area contributed by atoms with Gasteiger partial charge in [0.1, 0.15) is 5.75 Å². The molecule has 0 aliphatic heterocycles. The largest absolute Gasteiger partial charge is 0.497 e. The molecule has 0 aromatic heterocycles. The molecule has 2 N–H and O–H groups in total. The van der Waals surface area contributed by atoms with Crippen molar-refractivity contribution in [3.63, 3.8) is 0 Å². The minimum absolute atomic E-state index is 0.531. The third kappa shape index (κ3) is 3.64. The highest BCUT2D eigenvalue weighted by Gasteiger charge is 2.27. The van der Waals surface area contributed by atoms with Crippen molar-refractivity contribution in [1.29, 1.82) is 0 Å². The third-order valence-electron chi connectivity index (χ3n) is 3.75. The van der Waals surface area contributed by atoms with E-state index in [9.17, 15) is 5.11 Å². The van der Waals surface area contributed by atoms with E-state index in [1.165, 1.54) is 12.8 Å². The predicted octanol–water partition coefficient (Wildman–Crippen LogP) is 3.19. The van der Waals surface area contributed by atoms with Crippen molar-refractivity contribution in [3.8, 4) is 5.75 Å². The van der Waals surface area contributed by atoms with Gasteiger partial charge in [0.2, 0.25) is 0 Å². The lowest BCUT2D eigenvalue weighted by atomic mass is 9.94. The molecule has 1 aliphatic carbocycles. The molecule has 0 atom stereocenters. The summed E-state index contributed by atoms with van der Waals surface area (Å²) in [6.07, 6.45) is 6.61. The quantitative estimate of drug-likeness (QED) is 0.805. The third-order valence-corrected chi connectivity index (χ3v) is 3.75. The molecule has 3 heteroatoms. The van der Waals surface area contributed by atoms with Crippen molar-refractivity contribution in [3.05, 3.63) is 24.3 Å². The van der Waals surface area contributed by atoms with Crippen molar-refractivity contribution >= 4 is 5.69 Å². The van der Waals surface area contributed by atoms with Gasteiger partial charge in [-0.3, -0.25) is 0 Å². The Kier molecular flexibility index (Phi) is 4.48. The van der Waals surface area contributed by atoms with E-state index in [0.717, 1.165) is 37.1 Å². The molecule has 18 heavy (non-hydrogen) atoms. The summed E-state index contributed by atoms with van der Waals surface area (Å²) in [5, 5.41) is 13.9. The fourth-order valence-electron chi connectivity index (χ4n) is 2.54. The van der Waals surface area contributed by atoms with Crippen LogP contribution in [0.1, 0.15) is 38.5 Å². The van der Waals surface area contributed by atoms with Gasteiger partial charge in [-0.15, -0.1) is 0 Å². The zero-order valence-corrected chi connectivity index (χ0v) is 11.1. The molecule has 1 aromatic carbocycles. The lowest BCUT2D eigenvalue weighted by molar-refractivity contribution is 0.0381. The number of aliphatic hydroxyl groups is 1. The Morgan fingerprint density at radius 1 is 1.11 bits per heavy atom. The molecule has 3 nitrogen and oxygen atoms in total. The minimum atomic E-state index is -0.531. The molecule has 1 fully saturated rings. The summed E-state index contributed by atoms with van der Waals surface area (Å²) in [6.45, 7) is 0.638. The van der Waals surface area contributed by atoms with E-state index in [2.05, 4.69) is 5.32 Å². The number of nitrogens with one attached hydrogen (secondary N) is 1. The Hall–Kier alpha value is -1.22. The van der Waals surface area contributed by atoms with Crippen LogP contribution < -0.4 is 10.1 Å². The summed E-state index contributed by atoms with van der Waals surface area (Å²) in [5.41, 5.74) is 0.504. The van der Waals surface area contributed by atoms with Crippen LogP contribution in [0, 0.1) is 0 Å². The molecule has 0 heterocycles. The molecule has 0 spiro atoms. The van der Waals surface area contributed by atoms with Crippen molar-refractivity contribution in [1.82, 2.24) is 0 Å². The minimum Gasteiger partial charge on any atom is -0.497 e. The average molecular weight is 249 g/mol. The molecule has 0 amide bonds. The fraction of sp³-hybridized carbons (Fsp3) is 0.600. The Morgan fingerprint density at radius 3 is 2.28 bits per heavy atom. The van der Waals surface area contributed by atoms with Crippen LogP contribution in [-0.2, 0) is 0 Å². The van der Waals surface area contributed by atoms with E-state index in [-0.39, 0.29) is 0 Å². The van der Waals surface area contributed by atoms with Gasteiger partial charge in [0.05, 0.1) is 12.7 Å². The van der Waals surface area contributed by atoms with Crippen LogP contribution in [-0.4, -0.2) is 24.4 Å². The lowest BCUT2D eigenvalue weighted by Crippen LogP contribution is -2.36. The molecule has 100 valence electrons. The second-order valence-corrected chi connectivity index (χ2v) is 5.22. The van der Waals surface area contributed by atoms with Crippen molar-refractivity contribution < 1.29 is 9.84 Å². The zero-order chi connectivity index (χ0) is 12.8. The van der Waals surface area contributed by atoms with Gasteiger partial charge in [0.25, 0.3) is 0 Å². The van der Waals surface area contributed by atoms with Crippen LogP contribution in [0.5, 0.6) is 5.75 Å². The highest BCUT2D eigenvalue weighted by Crippen LogP contribution is 2.27. The molecule has 2 rings (SSSR count). The first-order valence-electron chi connectivity index (χ1n) is 6.82. The topological polar surface area (TPSA) is 41.5 Å². The summed E-state index contributed by atoms with van der Waals surface area (Å²) in [5.74, 6) is 0.855. The van der Waals surface area contributed by atoms with Gasteiger partial charge in [0.15, 0.2) is 0 Å². The highest BCUT2D eigenvalue weighted by atomic mass is 16.5. The van der Waals surface area contributed by atoms with Crippen LogP contribution in [0.3, 0.4) is 0 Å². The molecule has 0 unspecified atom stereocenters. The van der Waals surface area contributed by atoms with E-state index in [1.807, 2.05) is 24.3 Å². The molecule has 1 aromatic rings. The average Bonchev–Trinajstić information content (AvgIpc) is 2.62. The van der Waals surface area contributed by atoms with Gasteiger partial charge >= 0.3 is 0 Å². The maximum atomic E-state index is 10.5. The van der Waals surface area contributed by atoms with Crippen molar-refractivity contribution in [2.75, 3.05) is 19.0 Å². The molecule has 0 radical (unpaired) electrons. The summed E-state index contributed by atoms with van der Waals surface area (Å²) in [4.78, 5) is 0. The first kappa shape index (κ1) is 13.2. The van der Waals surface area contributed by atoms with E-state index in [1.54, 1.807) is 7.11 Å². The number of rotatable bonds is 4. The van der Waals surface area contributed by atoms with Crippen LogP contribution >= 0.6 is 0 Å². The van der Waals surface area contributed by atoms with Crippen LogP contribution in [0.25, 0.3) is 0 Å². The van der Waals surface area contributed by atoms with Gasteiger partial charge in [-0.2, -0.15) is 0 Å². The van der Waals surface area contributed by atoms with Crippen molar-refractivity contribution in [2.45, 2.75) is 44.1 Å². The number of hydrogen-bond donors (Lipinski definition) is 2. The molecule has 1 saturated carbocycles. The first-order valence-corrected chi connectivity index (χ1v) is 6.82. The summed E-state index contributed by atoms with van der Waals surface area (Å²) in [6, 6.07) is 7.83. The van der Waals surface area contributed by atoms with Crippen LogP contribution in [0.2, 0.25) is 0 Å². The summed E-state index contributed by atoms with van der Waals surface area (Å²) in [7, 11) is 1.66. The van der Waals surface area contributed by atoms with Crippen molar-refractivity contribution in [2.24, 2.45) is 0 Å². The molecular formula is C15H23NO2. The monoisotopic (exact) mass is 249 g/mol. The maximum Gasteiger partial charge on any atom is 0.119 e. The highest BCUT2D eigenvalue weighted by molar-refractivity contribution is 5.46. The normalized spacial score (nSPS) is 19.0. The number of methoxy groups -OCH3 is 1. The Bertz CT molecular complexity index is 353. The lowest BCUT2D eigenvalue weighted by Gasteiger charge is -2.27. The van der Waals surface area contributed by atoms with Gasteiger partial charge in [0, 0.05) is 12.2 Å². The number of hydrogen-bond acceptors (Lipinski definition) is 3. The van der Waals surface area contributed by atoms with E-state index < -0.39 is 5.60 Å².